The zero-order chi connectivity index (χ0) is 12.4. The smallest absolute Gasteiger partial charge is 0.348 e. The van der Waals surface area contributed by atoms with Gasteiger partial charge in [-0.15, -0.1) is 11.3 Å². The van der Waals surface area contributed by atoms with Gasteiger partial charge in [-0.25, -0.2) is 9.78 Å². The number of hydrogen-bond donors (Lipinski definition) is 0. The fraction of sp³-hybridized carbons (Fsp3) is 0.333. The lowest BCUT2D eigenvalue weighted by Gasteiger charge is -2.06. The zero-order valence-corrected chi connectivity index (χ0v) is 10.9. The molecule has 0 unspecified atom stereocenters. The topological polar surface area (TPSA) is 44.1 Å². The maximum absolute atomic E-state index is 11.7. The van der Waals surface area contributed by atoms with Gasteiger partial charge in [0.15, 0.2) is 0 Å². The number of ether oxygens (including phenoxy) is 1. The van der Waals surface area contributed by atoms with Crippen molar-refractivity contribution in [3.8, 4) is 11.4 Å². The molecule has 4 nitrogen and oxygen atoms in total. The van der Waals surface area contributed by atoms with Crippen molar-refractivity contribution >= 4 is 17.3 Å². The largest absolute Gasteiger partial charge is 0.465 e. The Labute approximate surface area is 104 Å². The molecular weight excluding hydrogens is 236 g/mol. The Balaban J connectivity index is 2.58. The van der Waals surface area contributed by atoms with E-state index in [9.17, 15) is 4.79 Å². The van der Waals surface area contributed by atoms with E-state index in [0.29, 0.717) is 4.88 Å². The van der Waals surface area contributed by atoms with Crippen molar-refractivity contribution in [3.05, 3.63) is 28.2 Å². The number of esters is 1. The number of aryl methyl sites for hydroxylation is 2. The minimum absolute atomic E-state index is 0.302. The molecule has 5 heteroatoms. The lowest BCUT2D eigenvalue weighted by molar-refractivity contribution is 0.0607. The van der Waals surface area contributed by atoms with Gasteiger partial charge in [-0.05, 0) is 24.8 Å². The maximum atomic E-state index is 11.7. The molecule has 0 aliphatic rings. The van der Waals surface area contributed by atoms with Crippen LogP contribution in [-0.4, -0.2) is 22.6 Å². The normalized spacial score (nSPS) is 10.5. The van der Waals surface area contributed by atoms with Crippen LogP contribution in [0.2, 0.25) is 0 Å². The molecule has 2 heterocycles. The van der Waals surface area contributed by atoms with Gasteiger partial charge in [-0.1, -0.05) is 0 Å². The Bertz CT molecular complexity index is 542. The first-order valence-electron chi connectivity index (χ1n) is 5.37. The SMILES string of the molecule is CCn1ccnc1-c1c(C)csc1C(=O)OC. The summed E-state index contributed by atoms with van der Waals surface area (Å²) in [5, 5.41) is 1.95. The fourth-order valence-electron chi connectivity index (χ4n) is 1.76. The van der Waals surface area contributed by atoms with Gasteiger partial charge in [0.2, 0.25) is 0 Å². The molecule has 2 rings (SSSR count). The molecule has 0 aliphatic carbocycles. The molecule has 0 amide bonds. The van der Waals surface area contributed by atoms with Crippen LogP contribution in [0.25, 0.3) is 11.4 Å². The predicted molar refractivity (Wildman–Crippen MR) is 67.3 cm³/mol. The Morgan fingerprint density at radius 3 is 3.00 bits per heavy atom. The van der Waals surface area contributed by atoms with Gasteiger partial charge in [0.1, 0.15) is 10.7 Å². The van der Waals surface area contributed by atoms with Crippen molar-refractivity contribution in [2.24, 2.45) is 0 Å². The van der Waals surface area contributed by atoms with Gasteiger partial charge in [0.05, 0.1) is 7.11 Å². The van der Waals surface area contributed by atoms with Gasteiger partial charge >= 0.3 is 5.97 Å². The summed E-state index contributed by atoms with van der Waals surface area (Å²) < 4.78 is 6.81. The molecule has 0 saturated carbocycles. The molecule has 0 saturated heterocycles. The number of carbonyl (C=O) groups is 1. The van der Waals surface area contributed by atoms with Crippen molar-refractivity contribution in [1.82, 2.24) is 9.55 Å². The standard InChI is InChI=1S/C12H14N2O2S/c1-4-14-6-5-13-11(14)9-8(2)7-17-10(9)12(15)16-3/h5-7H,4H2,1-3H3. The third-order valence-electron chi connectivity index (χ3n) is 2.63. The molecule has 0 aliphatic heterocycles. The highest BCUT2D eigenvalue weighted by molar-refractivity contribution is 7.12. The monoisotopic (exact) mass is 250 g/mol. The molecule has 0 fully saturated rings. The number of thiophene rings is 1. The number of hydrogen-bond acceptors (Lipinski definition) is 4. The second-order valence-electron chi connectivity index (χ2n) is 3.65. The molecule has 0 N–H and O–H groups in total. The Kier molecular flexibility index (Phi) is 3.28. The van der Waals surface area contributed by atoms with Crippen LogP contribution in [0, 0.1) is 6.92 Å². The second-order valence-corrected chi connectivity index (χ2v) is 4.53. The minimum atomic E-state index is -0.302. The van der Waals surface area contributed by atoms with Crippen LogP contribution >= 0.6 is 11.3 Å². The molecule has 0 spiro atoms. The Morgan fingerprint density at radius 1 is 1.59 bits per heavy atom. The Morgan fingerprint density at radius 2 is 2.35 bits per heavy atom. The molecule has 90 valence electrons. The summed E-state index contributed by atoms with van der Waals surface area (Å²) in [6, 6.07) is 0. The number of aromatic nitrogens is 2. The van der Waals surface area contributed by atoms with E-state index in [2.05, 4.69) is 4.98 Å². The summed E-state index contributed by atoms with van der Waals surface area (Å²) in [6.07, 6.45) is 3.66. The fourth-order valence-corrected chi connectivity index (χ4v) is 2.72. The van der Waals surface area contributed by atoms with Gasteiger partial charge in [-0.3, -0.25) is 0 Å². The average molecular weight is 250 g/mol. The van der Waals surface area contributed by atoms with Crippen molar-refractivity contribution in [2.45, 2.75) is 20.4 Å². The molecule has 2 aromatic heterocycles. The molecule has 0 radical (unpaired) electrons. The Hall–Kier alpha value is -1.62. The van der Waals surface area contributed by atoms with Crippen LogP contribution in [0.15, 0.2) is 17.8 Å². The van der Waals surface area contributed by atoms with Crippen LogP contribution < -0.4 is 0 Å². The van der Waals surface area contributed by atoms with E-state index in [1.807, 2.05) is 30.0 Å². The lowest BCUT2D eigenvalue weighted by Crippen LogP contribution is -2.04. The zero-order valence-electron chi connectivity index (χ0n) is 10.1. The molecule has 0 aromatic carbocycles. The minimum Gasteiger partial charge on any atom is -0.465 e. The second kappa shape index (κ2) is 4.71. The van der Waals surface area contributed by atoms with E-state index in [1.165, 1.54) is 18.4 Å². The first kappa shape index (κ1) is 11.9. The number of nitrogens with zero attached hydrogens (tertiary/aromatic N) is 2. The highest BCUT2D eigenvalue weighted by Crippen LogP contribution is 2.31. The van der Waals surface area contributed by atoms with E-state index in [1.54, 1.807) is 6.20 Å². The van der Waals surface area contributed by atoms with Crippen LogP contribution in [0.1, 0.15) is 22.2 Å². The third kappa shape index (κ3) is 1.98. The number of methoxy groups -OCH3 is 1. The van der Waals surface area contributed by atoms with Crippen LogP contribution in [0.3, 0.4) is 0 Å². The summed E-state index contributed by atoms with van der Waals surface area (Å²) in [6.45, 7) is 4.85. The summed E-state index contributed by atoms with van der Waals surface area (Å²) >= 11 is 1.40. The van der Waals surface area contributed by atoms with Crippen LogP contribution in [0.4, 0.5) is 0 Å². The van der Waals surface area contributed by atoms with E-state index < -0.39 is 0 Å². The summed E-state index contributed by atoms with van der Waals surface area (Å²) in [5.74, 6) is 0.524. The van der Waals surface area contributed by atoms with Gasteiger partial charge in [0, 0.05) is 24.5 Å². The summed E-state index contributed by atoms with van der Waals surface area (Å²) in [5.41, 5.74) is 1.94. The average Bonchev–Trinajstić information content (AvgIpc) is 2.93. The van der Waals surface area contributed by atoms with Gasteiger partial charge in [-0.2, -0.15) is 0 Å². The van der Waals surface area contributed by atoms with Crippen molar-refractivity contribution < 1.29 is 9.53 Å². The quantitative estimate of drug-likeness (QED) is 0.787. The summed E-state index contributed by atoms with van der Waals surface area (Å²) in [4.78, 5) is 16.6. The van der Waals surface area contributed by atoms with Crippen molar-refractivity contribution in [2.75, 3.05) is 7.11 Å². The lowest BCUT2D eigenvalue weighted by atomic mass is 10.1. The van der Waals surface area contributed by atoms with Crippen LogP contribution in [-0.2, 0) is 11.3 Å². The van der Waals surface area contributed by atoms with E-state index in [4.69, 9.17) is 4.74 Å². The highest BCUT2D eigenvalue weighted by Gasteiger charge is 2.20. The predicted octanol–water partition coefficient (Wildman–Crippen LogP) is 2.73. The third-order valence-corrected chi connectivity index (χ3v) is 3.70. The van der Waals surface area contributed by atoms with Crippen molar-refractivity contribution in [1.29, 1.82) is 0 Å². The van der Waals surface area contributed by atoms with Crippen LogP contribution in [0.5, 0.6) is 0 Å². The summed E-state index contributed by atoms with van der Waals surface area (Å²) in [7, 11) is 1.40. The van der Waals surface area contributed by atoms with E-state index >= 15 is 0 Å². The molecule has 2 aromatic rings. The number of imidazole rings is 1. The molecule has 0 atom stereocenters. The maximum Gasteiger partial charge on any atom is 0.348 e. The highest BCUT2D eigenvalue weighted by atomic mass is 32.1. The van der Waals surface area contributed by atoms with Gasteiger partial charge < -0.3 is 9.30 Å². The van der Waals surface area contributed by atoms with Gasteiger partial charge in [0.25, 0.3) is 0 Å². The van der Waals surface area contributed by atoms with E-state index in [0.717, 1.165) is 23.5 Å². The van der Waals surface area contributed by atoms with E-state index in [-0.39, 0.29) is 5.97 Å². The van der Waals surface area contributed by atoms with Crippen molar-refractivity contribution in [3.63, 3.8) is 0 Å². The first-order chi connectivity index (χ1) is 8.19. The molecule has 0 bridgehead atoms. The first-order valence-corrected chi connectivity index (χ1v) is 6.24. The molecular formula is C12H14N2O2S. The number of carbonyl (C=O) groups excluding carboxylic acids is 1. The number of rotatable bonds is 3. The molecule has 17 heavy (non-hydrogen) atoms.